The smallest absolute Gasteiger partial charge is 0.210 e. The molecule has 0 aliphatic heterocycles. The maximum atomic E-state index is 5.90. The molecular weight excluding hydrogens is 310 g/mol. The monoisotopic (exact) mass is 335 g/mol. The van der Waals surface area contributed by atoms with Gasteiger partial charge in [0.2, 0.25) is 5.16 Å². The van der Waals surface area contributed by atoms with Crippen molar-refractivity contribution >= 4 is 11.8 Å². The quantitative estimate of drug-likeness (QED) is 0.588. The van der Waals surface area contributed by atoms with Gasteiger partial charge in [-0.3, -0.25) is 0 Å². The maximum Gasteiger partial charge on any atom is 0.210 e. The number of aromatic nitrogens is 3. The molecule has 6 nitrogen and oxygen atoms in total. The lowest BCUT2D eigenvalue weighted by Gasteiger charge is -2.12. The minimum Gasteiger partial charge on any atom is -0.496 e. The number of nitrogens with two attached hydrogens (primary N) is 1. The van der Waals surface area contributed by atoms with E-state index in [0.29, 0.717) is 11.0 Å². The zero-order valence-corrected chi connectivity index (χ0v) is 15.1. The van der Waals surface area contributed by atoms with Gasteiger partial charge in [0.25, 0.3) is 0 Å². The summed E-state index contributed by atoms with van der Waals surface area (Å²) in [5.41, 5.74) is 2.48. The molecule has 0 aliphatic rings. The van der Waals surface area contributed by atoms with E-state index in [1.807, 2.05) is 13.0 Å². The van der Waals surface area contributed by atoms with E-state index < -0.39 is 0 Å². The van der Waals surface area contributed by atoms with Crippen LogP contribution in [0.4, 0.5) is 0 Å². The highest BCUT2D eigenvalue weighted by Crippen LogP contribution is 2.28. The number of ether oxygens (including phenoxy) is 1. The highest BCUT2D eigenvalue weighted by molar-refractivity contribution is 7.98. The molecule has 2 aromatic rings. The Kier molecular flexibility index (Phi) is 6.29. The molecule has 0 radical (unpaired) electrons. The normalized spacial score (nSPS) is 11.2. The number of nitrogen functional groups attached to an aromatic ring is 1. The zero-order valence-electron chi connectivity index (χ0n) is 14.2. The van der Waals surface area contributed by atoms with Crippen molar-refractivity contribution in [1.82, 2.24) is 19.8 Å². The van der Waals surface area contributed by atoms with Crippen LogP contribution in [0.3, 0.4) is 0 Å². The van der Waals surface area contributed by atoms with E-state index in [1.165, 1.54) is 10.2 Å². The fourth-order valence-electron chi connectivity index (χ4n) is 2.29. The Morgan fingerprint density at radius 1 is 1.30 bits per heavy atom. The van der Waals surface area contributed by atoms with E-state index in [4.69, 9.17) is 10.6 Å². The van der Waals surface area contributed by atoms with Gasteiger partial charge >= 0.3 is 0 Å². The molecule has 23 heavy (non-hydrogen) atoms. The summed E-state index contributed by atoms with van der Waals surface area (Å²) in [6, 6.07) is 6.39. The minimum absolute atomic E-state index is 0.705. The van der Waals surface area contributed by atoms with Crippen LogP contribution < -0.4 is 10.6 Å². The van der Waals surface area contributed by atoms with E-state index in [0.717, 1.165) is 36.5 Å². The van der Waals surface area contributed by atoms with Crippen LogP contribution in [0.2, 0.25) is 0 Å². The number of hydrogen-bond donors (Lipinski definition) is 1. The Hall–Kier alpha value is -1.73. The molecule has 7 heteroatoms. The van der Waals surface area contributed by atoms with Crippen LogP contribution in [-0.2, 0) is 12.2 Å². The van der Waals surface area contributed by atoms with Crippen LogP contribution in [-0.4, -0.2) is 47.5 Å². The van der Waals surface area contributed by atoms with Gasteiger partial charge in [-0.05, 0) is 52.0 Å². The molecule has 1 aromatic heterocycles. The van der Waals surface area contributed by atoms with E-state index in [1.54, 1.807) is 18.9 Å². The van der Waals surface area contributed by atoms with E-state index >= 15 is 0 Å². The standard InChI is InChI=1S/C16H25N5OS/c1-12-18-19-16(21(12)17)23-11-14-10-13(6-5-9-20(2)3)7-8-15(14)22-4/h7-8,10H,5-6,9,11,17H2,1-4H3. The Morgan fingerprint density at radius 3 is 2.70 bits per heavy atom. The summed E-state index contributed by atoms with van der Waals surface area (Å²) in [6.45, 7) is 2.93. The van der Waals surface area contributed by atoms with Gasteiger partial charge in [-0.15, -0.1) is 10.2 Å². The van der Waals surface area contributed by atoms with Gasteiger partial charge in [0.1, 0.15) is 11.6 Å². The van der Waals surface area contributed by atoms with Crippen LogP contribution in [0, 0.1) is 6.92 Å². The van der Waals surface area contributed by atoms with Gasteiger partial charge in [0.15, 0.2) is 0 Å². The lowest BCUT2D eigenvalue weighted by molar-refractivity contribution is 0.399. The van der Waals surface area contributed by atoms with Crippen molar-refractivity contribution in [3.8, 4) is 5.75 Å². The number of hydrogen-bond acceptors (Lipinski definition) is 6. The highest BCUT2D eigenvalue weighted by atomic mass is 32.2. The Bertz CT molecular complexity index is 641. The lowest BCUT2D eigenvalue weighted by Crippen LogP contribution is -2.13. The summed E-state index contributed by atoms with van der Waals surface area (Å²) in [7, 11) is 5.90. The van der Waals surface area contributed by atoms with Crippen LogP contribution in [0.25, 0.3) is 0 Å². The first kappa shape index (κ1) is 17.6. The average molecular weight is 335 g/mol. The van der Waals surface area contributed by atoms with Crippen molar-refractivity contribution in [2.24, 2.45) is 0 Å². The highest BCUT2D eigenvalue weighted by Gasteiger charge is 2.10. The van der Waals surface area contributed by atoms with Crippen LogP contribution in [0.5, 0.6) is 5.75 Å². The first-order chi connectivity index (χ1) is 11.0. The molecule has 1 heterocycles. The second kappa shape index (κ2) is 8.21. The lowest BCUT2D eigenvalue weighted by atomic mass is 10.1. The zero-order chi connectivity index (χ0) is 16.8. The molecular formula is C16H25N5OS. The van der Waals surface area contributed by atoms with Gasteiger partial charge in [-0.2, -0.15) is 0 Å². The summed E-state index contributed by atoms with van der Waals surface area (Å²) in [5.74, 6) is 8.25. The summed E-state index contributed by atoms with van der Waals surface area (Å²) < 4.78 is 6.98. The molecule has 0 unspecified atom stereocenters. The Morgan fingerprint density at radius 2 is 2.09 bits per heavy atom. The minimum atomic E-state index is 0.705. The van der Waals surface area contributed by atoms with Crippen molar-refractivity contribution in [1.29, 1.82) is 0 Å². The van der Waals surface area contributed by atoms with E-state index in [2.05, 4.69) is 41.3 Å². The summed E-state index contributed by atoms with van der Waals surface area (Å²) in [4.78, 5) is 2.21. The van der Waals surface area contributed by atoms with E-state index in [-0.39, 0.29) is 0 Å². The number of nitrogens with zero attached hydrogens (tertiary/aromatic N) is 4. The van der Waals surface area contributed by atoms with Gasteiger partial charge in [0, 0.05) is 11.3 Å². The van der Waals surface area contributed by atoms with Gasteiger partial charge < -0.3 is 15.5 Å². The summed E-state index contributed by atoms with van der Waals surface area (Å²) in [5, 5.41) is 8.77. The third kappa shape index (κ3) is 4.87. The SMILES string of the molecule is COc1ccc(CCCN(C)C)cc1CSc1nnc(C)n1N. The fourth-order valence-corrected chi connectivity index (χ4v) is 3.17. The van der Waals surface area contributed by atoms with Crippen molar-refractivity contribution < 1.29 is 4.74 Å². The van der Waals surface area contributed by atoms with Crippen molar-refractivity contribution in [3.63, 3.8) is 0 Å². The largest absolute Gasteiger partial charge is 0.496 e. The van der Waals surface area contributed by atoms with Gasteiger partial charge in [-0.1, -0.05) is 23.9 Å². The van der Waals surface area contributed by atoms with Gasteiger partial charge in [0.05, 0.1) is 7.11 Å². The van der Waals surface area contributed by atoms with Crippen LogP contribution in [0.15, 0.2) is 23.4 Å². The number of methoxy groups -OCH3 is 1. The summed E-state index contributed by atoms with van der Waals surface area (Å²) in [6.07, 6.45) is 2.20. The number of thioether (sulfide) groups is 1. The molecule has 0 fully saturated rings. The first-order valence-corrected chi connectivity index (χ1v) is 8.60. The molecule has 0 aliphatic carbocycles. The van der Waals surface area contributed by atoms with Gasteiger partial charge in [-0.25, -0.2) is 4.68 Å². The molecule has 1 aromatic carbocycles. The molecule has 0 bridgehead atoms. The van der Waals surface area contributed by atoms with Crippen LogP contribution >= 0.6 is 11.8 Å². The van der Waals surface area contributed by atoms with Crippen molar-refractivity contribution in [2.45, 2.75) is 30.7 Å². The summed E-state index contributed by atoms with van der Waals surface area (Å²) >= 11 is 1.56. The maximum absolute atomic E-state index is 5.90. The molecule has 0 spiro atoms. The second-order valence-electron chi connectivity index (χ2n) is 5.74. The number of aryl methyl sites for hydroxylation is 2. The third-order valence-electron chi connectivity index (χ3n) is 3.61. The second-order valence-corrected chi connectivity index (χ2v) is 6.68. The predicted molar refractivity (Wildman–Crippen MR) is 94.3 cm³/mol. The number of benzene rings is 1. The first-order valence-electron chi connectivity index (χ1n) is 7.61. The predicted octanol–water partition coefficient (Wildman–Crippen LogP) is 2.10. The van der Waals surface area contributed by atoms with Crippen molar-refractivity contribution in [3.05, 3.63) is 35.2 Å². The topological polar surface area (TPSA) is 69.2 Å². The molecule has 2 N–H and O–H groups in total. The average Bonchev–Trinajstić information content (AvgIpc) is 2.84. The third-order valence-corrected chi connectivity index (χ3v) is 4.60. The molecule has 0 atom stereocenters. The number of rotatable bonds is 8. The Balaban J connectivity index is 2.04. The molecule has 126 valence electrons. The Labute approximate surface area is 142 Å². The molecule has 2 rings (SSSR count). The van der Waals surface area contributed by atoms with E-state index in [9.17, 15) is 0 Å². The molecule has 0 saturated heterocycles. The van der Waals surface area contributed by atoms with Crippen LogP contribution in [0.1, 0.15) is 23.4 Å². The fraction of sp³-hybridized carbons (Fsp3) is 0.500. The van der Waals surface area contributed by atoms with Crippen molar-refractivity contribution in [2.75, 3.05) is 33.6 Å². The molecule has 0 amide bonds. The molecule has 0 saturated carbocycles.